The van der Waals surface area contributed by atoms with Crippen molar-refractivity contribution in [1.82, 2.24) is 19.8 Å². The first-order valence-electron chi connectivity index (χ1n) is 31.9. The van der Waals surface area contributed by atoms with Gasteiger partial charge >= 0.3 is 11.9 Å². The molecule has 0 radical (unpaired) electrons. The highest BCUT2D eigenvalue weighted by atomic mass is 32.1. The number of halogens is 1. The molecule has 0 unspecified atom stereocenters. The molecule has 0 amide bonds. The third-order valence-corrected chi connectivity index (χ3v) is 19.9. The van der Waals surface area contributed by atoms with Crippen molar-refractivity contribution in [3.05, 3.63) is 140 Å². The van der Waals surface area contributed by atoms with E-state index >= 15 is 4.39 Å². The van der Waals surface area contributed by atoms with Crippen molar-refractivity contribution >= 4 is 34.2 Å². The molecule has 6 aliphatic heterocycles. The largest absolute Gasteiger partial charge is 0.488 e. The van der Waals surface area contributed by atoms with Crippen LogP contribution in [-0.4, -0.2) is 152 Å². The summed E-state index contributed by atoms with van der Waals surface area (Å²) in [5, 5.41) is 22.2. The number of fused-ring (bicyclic) bond motifs is 2. The fraction of sp³-hybridized carbons (Fsp3) is 0.514. The minimum atomic E-state index is -0.810. The fourth-order valence-corrected chi connectivity index (χ4v) is 14.9. The molecule has 6 aliphatic rings. The number of aliphatic carboxylic acids is 2. The Hall–Kier alpha value is -6.51. The Kier molecular flexibility index (Phi) is 21.1. The Morgan fingerprint density at radius 1 is 0.625 bits per heavy atom. The summed E-state index contributed by atoms with van der Waals surface area (Å²) in [5.41, 5.74) is 13.8. The molecule has 470 valence electrons. The van der Waals surface area contributed by atoms with Gasteiger partial charge in [-0.05, 0) is 167 Å². The van der Waals surface area contributed by atoms with E-state index in [-0.39, 0.29) is 24.6 Å². The van der Waals surface area contributed by atoms with Gasteiger partial charge in [0.15, 0.2) is 5.13 Å². The summed E-state index contributed by atoms with van der Waals surface area (Å²) >= 11 is 1.53. The van der Waals surface area contributed by atoms with Gasteiger partial charge in [0.2, 0.25) is 0 Å². The maximum atomic E-state index is 15.4. The minimum absolute atomic E-state index is 0.154. The molecule has 4 aromatic carbocycles. The average Bonchev–Trinajstić information content (AvgIpc) is 4.04. The van der Waals surface area contributed by atoms with E-state index in [0.29, 0.717) is 77.5 Å². The summed E-state index contributed by atoms with van der Waals surface area (Å²) in [6, 6.07) is 27.7. The fourth-order valence-electron chi connectivity index (χ4n) is 14.0. The van der Waals surface area contributed by atoms with Crippen molar-refractivity contribution in [1.29, 1.82) is 0 Å². The molecule has 4 atom stereocenters. The first-order valence-corrected chi connectivity index (χ1v) is 32.8. The van der Waals surface area contributed by atoms with Gasteiger partial charge in [0, 0.05) is 126 Å². The highest BCUT2D eigenvalue weighted by molar-refractivity contribution is 7.14. The minimum Gasteiger partial charge on any atom is -0.488 e. The molecule has 0 aliphatic carbocycles. The Labute approximate surface area is 521 Å². The van der Waals surface area contributed by atoms with E-state index in [9.17, 15) is 19.8 Å². The maximum Gasteiger partial charge on any atom is 0.309 e. The van der Waals surface area contributed by atoms with Crippen LogP contribution < -0.4 is 19.3 Å². The van der Waals surface area contributed by atoms with Crippen molar-refractivity contribution in [3.8, 4) is 34.0 Å². The number of aromatic nitrogens is 2. The number of hydrogen-bond acceptors (Lipinski definition) is 15. The van der Waals surface area contributed by atoms with Crippen LogP contribution in [-0.2, 0) is 67.6 Å². The first kappa shape index (κ1) is 63.1. The number of para-hydroxylation sites is 2. The summed E-state index contributed by atoms with van der Waals surface area (Å²) in [4.78, 5) is 42.9. The molecule has 8 heterocycles. The SMILES string of the molecule is CCO[C@@H]1CN(c2cccc(-c3cccc(C)c3OCc3ccc4c(c3C)CCN(C3CCOCC3)CC4)n2)CC[C@@H]1C(=O)O.CCO[C@@H]1CN(c2nc(-c3cccc(C)c3OCc3cc(F)c4c(c3)CCN(C3CCOCC3)C4)cs2)CC[C@@H]1C(=O)O. The zero-order chi connectivity index (χ0) is 61.3. The zero-order valence-electron chi connectivity index (χ0n) is 51.9. The van der Waals surface area contributed by atoms with Gasteiger partial charge in [-0.2, -0.15) is 0 Å². The van der Waals surface area contributed by atoms with Gasteiger partial charge in [-0.25, -0.2) is 14.4 Å². The molecule has 0 saturated carbocycles. The highest BCUT2D eigenvalue weighted by Gasteiger charge is 2.38. The summed E-state index contributed by atoms with van der Waals surface area (Å²) < 4.78 is 51.2. The molecular weight excluding hydrogens is 1140 g/mol. The number of thiazole rings is 1. The zero-order valence-corrected chi connectivity index (χ0v) is 52.7. The van der Waals surface area contributed by atoms with Crippen LogP contribution in [0.2, 0.25) is 0 Å². The normalized spacial score (nSPS) is 21.4. The van der Waals surface area contributed by atoms with Crippen molar-refractivity contribution in [3.63, 3.8) is 0 Å². The lowest BCUT2D eigenvalue weighted by atomic mass is 9.93. The number of anilines is 2. The van der Waals surface area contributed by atoms with Crippen LogP contribution in [0.5, 0.6) is 11.5 Å². The topological polar surface area (TPSA) is 169 Å². The molecule has 18 heteroatoms. The first-order chi connectivity index (χ1) is 42.8. The van der Waals surface area contributed by atoms with Gasteiger partial charge in [0.1, 0.15) is 36.3 Å². The third-order valence-electron chi connectivity index (χ3n) is 19.0. The van der Waals surface area contributed by atoms with Crippen LogP contribution in [0.3, 0.4) is 0 Å². The second-order valence-corrected chi connectivity index (χ2v) is 25.2. The van der Waals surface area contributed by atoms with Crippen LogP contribution in [0, 0.1) is 38.4 Å². The van der Waals surface area contributed by atoms with E-state index in [1.54, 1.807) is 6.07 Å². The van der Waals surface area contributed by atoms with E-state index in [4.69, 9.17) is 38.4 Å². The van der Waals surface area contributed by atoms with Gasteiger partial charge in [-0.3, -0.25) is 19.4 Å². The predicted molar refractivity (Wildman–Crippen MR) is 340 cm³/mol. The quantitative estimate of drug-likeness (QED) is 0.0833. The lowest BCUT2D eigenvalue weighted by molar-refractivity contribution is -0.149. The molecule has 4 fully saturated rings. The lowest BCUT2D eigenvalue weighted by Crippen LogP contribution is -2.48. The summed E-state index contributed by atoms with van der Waals surface area (Å²) in [7, 11) is 0. The van der Waals surface area contributed by atoms with E-state index in [2.05, 4.69) is 63.8 Å². The van der Waals surface area contributed by atoms with Crippen molar-refractivity contribution < 1.29 is 52.6 Å². The number of carboxylic acid groups (broad SMARTS) is 2. The van der Waals surface area contributed by atoms with Crippen molar-refractivity contribution in [2.24, 2.45) is 11.8 Å². The van der Waals surface area contributed by atoms with Gasteiger partial charge in [0.05, 0.1) is 35.4 Å². The summed E-state index contributed by atoms with van der Waals surface area (Å²) in [6.07, 6.45) is 7.62. The van der Waals surface area contributed by atoms with E-state index in [0.717, 1.165) is 164 Å². The molecule has 12 rings (SSSR count). The monoisotopic (exact) mass is 1220 g/mol. The summed E-state index contributed by atoms with van der Waals surface area (Å²) in [6.45, 7) is 21.3. The van der Waals surface area contributed by atoms with Crippen molar-refractivity contribution in [2.45, 2.75) is 136 Å². The molecule has 0 bridgehead atoms. The smallest absolute Gasteiger partial charge is 0.309 e. The molecule has 2 aromatic heterocycles. The molecule has 6 aromatic rings. The Morgan fingerprint density at radius 2 is 1.20 bits per heavy atom. The maximum absolute atomic E-state index is 15.4. The summed E-state index contributed by atoms with van der Waals surface area (Å²) in [5.74, 6) is -0.355. The highest BCUT2D eigenvalue weighted by Crippen LogP contribution is 2.39. The van der Waals surface area contributed by atoms with Gasteiger partial charge in [-0.15, -0.1) is 11.3 Å². The van der Waals surface area contributed by atoms with Crippen LogP contribution in [0.25, 0.3) is 22.5 Å². The number of ether oxygens (including phenoxy) is 6. The standard InChI is InChI=1S/C37H47N3O5.C33H40FN3O5S/c1-4-44-34-23-40(20-15-32(34)37(41)42)35-10-6-9-33(38-35)31-8-5-7-25(2)36(31)45-24-28-12-11-27-13-18-39(19-14-30(27)26(28)3)29-16-21-43-22-17-29;1-3-41-30-18-37(12-8-26(30)32(38)39)33-35-29(20-43-33)25-6-4-5-21(2)31(25)42-19-22-15-23-7-11-36(17-27(23)28(34)16-22)24-9-13-40-14-10-24/h5-12,29,32,34H,4,13-24H2,1-3H3,(H,41,42);4-6,15-16,20,24,26,30H,3,7-14,17-19H2,1-2H3,(H,38,39)/t32-,34+;26-,30+/m00/s1. The Morgan fingerprint density at radius 3 is 1.86 bits per heavy atom. The number of pyridine rings is 1. The molecule has 0 spiro atoms. The number of rotatable bonds is 18. The molecule has 88 heavy (non-hydrogen) atoms. The number of hydrogen-bond donors (Lipinski definition) is 2. The van der Waals surface area contributed by atoms with Crippen molar-refractivity contribution in [2.75, 3.05) is 95.3 Å². The van der Waals surface area contributed by atoms with Crippen LogP contribution in [0.15, 0.2) is 84.2 Å². The number of carbonyl (C=O) groups is 2. The van der Waals surface area contributed by atoms with Crippen LogP contribution in [0.4, 0.5) is 15.3 Å². The number of benzene rings is 4. The Balaban J connectivity index is 0.000000182. The van der Waals surface area contributed by atoms with E-state index in [1.165, 1.54) is 33.6 Å². The van der Waals surface area contributed by atoms with Crippen LogP contribution in [0.1, 0.15) is 102 Å². The third kappa shape index (κ3) is 14.7. The number of piperidine rings is 2. The number of aryl methyl sites for hydroxylation is 2. The van der Waals surface area contributed by atoms with Gasteiger partial charge in [-0.1, -0.05) is 48.5 Å². The number of nitrogens with zero attached hydrogens (tertiary/aromatic N) is 6. The number of carboxylic acids is 2. The Bertz CT molecular complexity index is 3370. The average molecular weight is 1220 g/mol. The predicted octanol–water partition coefficient (Wildman–Crippen LogP) is 11.5. The molecule has 4 saturated heterocycles. The van der Waals surface area contributed by atoms with Gasteiger partial charge < -0.3 is 48.4 Å². The second-order valence-electron chi connectivity index (χ2n) is 24.4. The molecule has 2 N–H and O–H groups in total. The lowest BCUT2D eigenvalue weighted by Gasteiger charge is -2.37. The molecular formula is C70H87FN6O10S. The van der Waals surface area contributed by atoms with Crippen LogP contribution >= 0.6 is 11.3 Å². The second kappa shape index (κ2) is 29.4. The van der Waals surface area contributed by atoms with E-state index in [1.807, 2.05) is 68.6 Å². The van der Waals surface area contributed by atoms with Gasteiger partial charge in [0.25, 0.3) is 0 Å². The molecule has 16 nitrogen and oxygen atoms in total. The van der Waals surface area contributed by atoms with E-state index < -0.39 is 23.8 Å².